The average Bonchev–Trinajstić information content (AvgIpc) is 4.22. The number of nitriles is 6. The third-order valence-corrected chi connectivity index (χ3v) is 14.4. The van der Waals surface area contributed by atoms with Gasteiger partial charge in [0.2, 0.25) is 0 Å². The Morgan fingerprint density at radius 3 is 0.910 bits per heavy atom. The van der Waals surface area contributed by atoms with Crippen molar-refractivity contribution in [2.75, 3.05) is 0 Å². The van der Waals surface area contributed by atoms with Crippen molar-refractivity contribution in [3.05, 3.63) is 239 Å². The van der Waals surface area contributed by atoms with Crippen molar-refractivity contribution >= 4 is 43.6 Å². The monoisotopic (exact) mass is 1010 g/mol. The maximum atomic E-state index is 15.3. The zero-order valence-electron chi connectivity index (χ0n) is 40.8. The lowest BCUT2D eigenvalue weighted by Crippen LogP contribution is -2.08. The first-order valence-electron chi connectivity index (χ1n) is 24.4. The van der Waals surface area contributed by atoms with Gasteiger partial charge >= 0.3 is 6.18 Å². The number of nitrogens with zero attached hydrogens (tertiary/aromatic N) is 8. The highest BCUT2D eigenvalue weighted by atomic mass is 19.4. The number of rotatable bonds is 7. The van der Waals surface area contributed by atoms with Crippen LogP contribution in [0.15, 0.2) is 200 Å². The highest BCUT2D eigenvalue weighted by Gasteiger charge is 2.33. The molecule has 12 aromatic rings. The maximum Gasteiger partial charge on any atom is 0.416 e. The van der Waals surface area contributed by atoms with Crippen LogP contribution in [0.3, 0.4) is 0 Å². The van der Waals surface area contributed by atoms with Gasteiger partial charge in [0.05, 0.1) is 109 Å². The van der Waals surface area contributed by atoms with Crippen LogP contribution in [0.1, 0.15) is 38.9 Å². The van der Waals surface area contributed by atoms with Crippen LogP contribution in [0.2, 0.25) is 0 Å². The number of fused-ring (bicyclic) bond motifs is 6. The van der Waals surface area contributed by atoms with Gasteiger partial charge < -0.3 is 9.13 Å². The van der Waals surface area contributed by atoms with E-state index in [1.807, 2.05) is 137 Å². The highest BCUT2D eigenvalue weighted by Crippen LogP contribution is 2.47. The van der Waals surface area contributed by atoms with E-state index in [2.05, 4.69) is 30.3 Å². The Morgan fingerprint density at radius 1 is 0.308 bits per heavy atom. The second kappa shape index (κ2) is 18.8. The van der Waals surface area contributed by atoms with Crippen LogP contribution >= 0.6 is 0 Å². The molecule has 0 bridgehead atoms. The largest absolute Gasteiger partial charge is 0.416 e. The van der Waals surface area contributed by atoms with Crippen molar-refractivity contribution in [3.63, 3.8) is 0 Å². The van der Waals surface area contributed by atoms with Gasteiger partial charge in [-0.25, -0.2) is 0 Å². The molecule has 362 valence electrons. The summed E-state index contributed by atoms with van der Waals surface area (Å²) in [7, 11) is 0. The fourth-order valence-corrected chi connectivity index (χ4v) is 10.9. The molecule has 0 unspecified atom stereocenters. The van der Waals surface area contributed by atoms with Gasteiger partial charge in [0.15, 0.2) is 0 Å². The van der Waals surface area contributed by atoms with Gasteiger partial charge in [-0.2, -0.15) is 44.7 Å². The molecular formula is C67H33F3N8. The van der Waals surface area contributed by atoms with Crippen molar-refractivity contribution in [2.45, 2.75) is 6.18 Å². The molecule has 8 nitrogen and oxygen atoms in total. The standard InChI is InChI=1S/C67H33F3N8/c68-67(69,70)51-26-40(34-71)25-50(29-51)66-64(77-60-30-42(52-13-5-1-9-46(52)36-73)17-21-56(60)57-22-18-43(31-61(57)77)53-14-6-2-10-47(53)37-74)27-41(35-72)28-65(66)78-62-32-44(54-15-7-3-11-48(54)38-75)19-23-58(62)59-24-20-45(33-63(59)78)55-16-8-4-12-49(55)39-76/h1-33H. The molecule has 0 N–H and O–H groups in total. The Labute approximate surface area is 444 Å². The van der Waals surface area contributed by atoms with Crippen LogP contribution in [-0.2, 0) is 6.18 Å². The number of hydrogen-bond acceptors (Lipinski definition) is 6. The molecule has 11 heteroatoms. The van der Waals surface area contributed by atoms with E-state index in [0.29, 0.717) is 88.8 Å². The summed E-state index contributed by atoms with van der Waals surface area (Å²) in [5.41, 5.74) is 8.74. The Balaban J connectivity index is 1.30. The fourth-order valence-electron chi connectivity index (χ4n) is 10.9. The maximum absolute atomic E-state index is 15.3. The molecular weight excluding hydrogens is 974 g/mol. The summed E-state index contributed by atoms with van der Waals surface area (Å²) >= 11 is 0. The molecule has 78 heavy (non-hydrogen) atoms. The Bertz CT molecular complexity index is 4330. The number of benzene rings is 10. The van der Waals surface area contributed by atoms with Crippen molar-refractivity contribution < 1.29 is 13.2 Å². The Hall–Kier alpha value is -11.5. The normalized spacial score (nSPS) is 11.2. The molecule has 10 aromatic carbocycles. The summed E-state index contributed by atoms with van der Waals surface area (Å²) in [6.45, 7) is 0. The minimum Gasteiger partial charge on any atom is -0.308 e. The first kappa shape index (κ1) is 47.5. The second-order valence-corrected chi connectivity index (χ2v) is 18.6. The summed E-state index contributed by atoms with van der Waals surface area (Å²) < 4.78 is 49.8. The molecule has 0 aliphatic heterocycles. The number of hydrogen-bond donors (Lipinski definition) is 0. The molecule has 0 aliphatic carbocycles. The van der Waals surface area contributed by atoms with Crippen LogP contribution in [0.5, 0.6) is 0 Å². The van der Waals surface area contributed by atoms with Gasteiger partial charge in [-0.3, -0.25) is 0 Å². The molecule has 0 aliphatic rings. The van der Waals surface area contributed by atoms with E-state index in [9.17, 15) is 31.6 Å². The van der Waals surface area contributed by atoms with Crippen molar-refractivity contribution in [1.82, 2.24) is 9.13 Å². The zero-order chi connectivity index (χ0) is 53.8. The Morgan fingerprint density at radius 2 is 0.615 bits per heavy atom. The van der Waals surface area contributed by atoms with E-state index in [4.69, 9.17) is 0 Å². The lowest BCUT2D eigenvalue weighted by molar-refractivity contribution is -0.137. The minimum atomic E-state index is -4.90. The number of aromatic nitrogens is 2. The van der Waals surface area contributed by atoms with Crippen molar-refractivity contribution in [1.29, 1.82) is 31.6 Å². The van der Waals surface area contributed by atoms with Crippen LogP contribution in [0.4, 0.5) is 13.2 Å². The molecule has 12 rings (SSSR count). The van der Waals surface area contributed by atoms with Crippen LogP contribution in [-0.4, -0.2) is 9.13 Å². The predicted octanol–water partition coefficient (Wildman–Crippen LogP) is 16.5. The number of alkyl halides is 3. The van der Waals surface area contributed by atoms with E-state index in [-0.39, 0.29) is 33.6 Å². The molecule has 2 aromatic heterocycles. The average molecular weight is 1010 g/mol. The second-order valence-electron chi connectivity index (χ2n) is 18.6. The minimum absolute atomic E-state index is 0.00906. The topological polar surface area (TPSA) is 153 Å². The van der Waals surface area contributed by atoms with Crippen LogP contribution in [0.25, 0.3) is 111 Å². The summed E-state index contributed by atoms with van der Waals surface area (Å²) in [6, 6.07) is 71.7. The fraction of sp³-hybridized carbons (Fsp3) is 0.0149. The molecule has 0 atom stereocenters. The highest BCUT2D eigenvalue weighted by molar-refractivity contribution is 6.14. The van der Waals surface area contributed by atoms with Crippen LogP contribution < -0.4 is 0 Å². The van der Waals surface area contributed by atoms with Crippen molar-refractivity contribution in [3.8, 4) is 103 Å². The SMILES string of the molecule is N#Cc1cc(-c2c(-n3c4cc(-c5ccccc5C#N)ccc4c4ccc(-c5ccccc5C#N)cc43)cc(C#N)cc2-n2c3cc(-c4ccccc4C#N)ccc3c3ccc(-c4ccccc4C#N)cc32)cc(C(F)(F)F)c1. The smallest absolute Gasteiger partial charge is 0.308 e. The van der Waals surface area contributed by atoms with Crippen LogP contribution in [0, 0.1) is 68.0 Å². The quantitative estimate of drug-likeness (QED) is 0.155. The van der Waals surface area contributed by atoms with Gasteiger partial charge in [-0.15, -0.1) is 0 Å². The third kappa shape index (κ3) is 7.82. The summed E-state index contributed by atoms with van der Waals surface area (Å²) in [5.74, 6) is 0. The first-order valence-corrected chi connectivity index (χ1v) is 24.4. The van der Waals surface area contributed by atoms with Gasteiger partial charge in [0.1, 0.15) is 0 Å². The van der Waals surface area contributed by atoms with Gasteiger partial charge in [0, 0.05) is 27.1 Å². The van der Waals surface area contributed by atoms with E-state index >= 15 is 13.2 Å². The number of halogens is 3. The molecule has 0 radical (unpaired) electrons. The lowest BCUT2D eigenvalue weighted by atomic mass is 9.94. The predicted molar refractivity (Wildman–Crippen MR) is 296 cm³/mol. The molecule has 0 fully saturated rings. The van der Waals surface area contributed by atoms with Gasteiger partial charge in [-0.05, 0) is 129 Å². The van der Waals surface area contributed by atoms with E-state index < -0.39 is 11.7 Å². The zero-order valence-corrected chi connectivity index (χ0v) is 40.8. The molecule has 0 amide bonds. The molecule has 0 saturated carbocycles. The Kier molecular flexibility index (Phi) is 11.4. The third-order valence-electron chi connectivity index (χ3n) is 14.4. The van der Waals surface area contributed by atoms with E-state index in [1.54, 1.807) is 60.7 Å². The van der Waals surface area contributed by atoms with Gasteiger partial charge in [0.25, 0.3) is 0 Å². The molecule has 0 spiro atoms. The first-order chi connectivity index (χ1) is 38.0. The lowest BCUT2D eigenvalue weighted by Gasteiger charge is -2.22. The molecule has 0 saturated heterocycles. The van der Waals surface area contributed by atoms with E-state index in [0.717, 1.165) is 33.7 Å². The van der Waals surface area contributed by atoms with Gasteiger partial charge in [-0.1, -0.05) is 121 Å². The van der Waals surface area contributed by atoms with Crippen molar-refractivity contribution in [2.24, 2.45) is 0 Å². The summed E-state index contributed by atoms with van der Waals surface area (Å²) in [4.78, 5) is 0. The summed E-state index contributed by atoms with van der Waals surface area (Å²) in [5, 5.41) is 65.9. The summed E-state index contributed by atoms with van der Waals surface area (Å²) in [6.07, 6.45) is -4.90. The molecule has 2 heterocycles. The van der Waals surface area contributed by atoms with E-state index in [1.165, 1.54) is 6.07 Å².